The van der Waals surface area contributed by atoms with Crippen molar-refractivity contribution in [2.45, 2.75) is 63.8 Å². The van der Waals surface area contributed by atoms with Gasteiger partial charge in [0.05, 0.1) is 17.9 Å². The van der Waals surface area contributed by atoms with Crippen LogP contribution in [0.25, 0.3) is 0 Å². The number of ether oxygens (including phenoxy) is 2. The number of anilines is 1. The van der Waals surface area contributed by atoms with Crippen molar-refractivity contribution in [2.75, 3.05) is 17.7 Å². The second-order valence-electron chi connectivity index (χ2n) is 8.78. The summed E-state index contributed by atoms with van der Waals surface area (Å²) < 4.78 is 14.2. The summed E-state index contributed by atoms with van der Waals surface area (Å²) in [5.74, 6) is 0.884. The van der Waals surface area contributed by atoms with Gasteiger partial charge in [-0.2, -0.15) is 0 Å². The molecule has 1 aliphatic rings. The van der Waals surface area contributed by atoms with Crippen LogP contribution in [0.15, 0.2) is 46.5 Å². The number of carbonyl (C=O) groups is 2. The van der Waals surface area contributed by atoms with Gasteiger partial charge in [-0.15, -0.1) is 28.1 Å². The minimum Gasteiger partial charge on any atom is -0.483 e. The normalized spacial score (nSPS) is 13.8. The van der Waals surface area contributed by atoms with Crippen LogP contribution < -0.4 is 10.1 Å². The Labute approximate surface area is 239 Å². The Balaban J connectivity index is 1.46. The number of thioether (sulfide) groups is 1. The molecule has 202 valence electrons. The lowest BCUT2D eigenvalue weighted by Gasteiger charge is -2.15. The number of nitrogens with one attached hydrogen (secondary N) is 1. The predicted molar refractivity (Wildman–Crippen MR) is 154 cm³/mol. The molecular formula is C27H31BrN4O4S2. The molecule has 0 bridgehead atoms. The van der Waals surface area contributed by atoms with E-state index < -0.39 is 0 Å². The predicted octanol–water partition coefficient (Wildman–Crippen LogP) is 6.60. The molecule has 0 aliphatic heterocycles. The van der Waals surface area contributed by atoms with Gasteiger partial charge in [0, 0.05) is 15.9 Å². The fraction of sp³-hybridized carbons (Fsp3) is 0.407. The highest BCUT2D eigenvalue weighted by Gasteiger charge is 2.27. The van der Waals surface area contributed by atoms with Crippen LogP contribution in [0.2, 0.25) is 0 Å². The maximum absolute atomic E-state index is 13.0. The van der Waals surface area contributed by atoms with Gasteiger partial charge in [0.1, 0.15) is 10.8 Å². The molecular weight excluding hydrogens is 588 g/mol. The maximum Gasteiger partial charge on any atom is 0.341 e. The van der Waals surface area contributed by atoms with Crippen molar-refractivity contribution < 1.29 is 19.1 Å². The van der Waals surface area contributed by atoms with Crippen molar-refractivity contribution >= 4 is 55.9 Å². The molecule has 2 heterocycles. The summed E-state index contributed by atoms with van der Waals surface area (Å²) in [6.45, 7) is 8.31. The molecule has 2 aromatic heterocycles. The first-order valence-corrected chi connectivity index (χ1v) is 15.2. The van der Waals surface area contributed by atoms with Crippen molar-refractivity contribution in [3.8, 4) is 5.75 Å². The number of carbonyl (C=O) groups excluding carboxylic acids is 2. The number of hydrogen-bond donors (Lipinski definition) is 1. The molecule has 11 heteroatoms. The Bertz CT molecular complexity index is 1290. The molecule has 0 fully saturated rings. The number of thiophene rings is 1. The van der Waals surface area contributed by atoms with E-state index in [2.05, 4.69) is 38.0 Å². The zero-order chi connectivity index (χ0) is 27.1. The molecule has 38 heavy (non-hydrogen) atoms. The van der Waals surface area contributed by atoms with Crippen molar-refractivity contribution in [1.29, 1.82) is 0 Å². The van der Waals surface area contributed by atoms with E-state index in [1.807, 2.05) is 35.8 Å². The Hall–Kier alpha value is -2.63. The molecule has 1 aliphatic carbocycles. The Morgan fingerprint density at radius 2 is 2.00 bits per heavy atom. The van der Waals surface area contributed by atoms with E-state index in [0.29, 0.717) is 33.8 Å². The second-order valence-corrected chi connectivity index (χ2v) is 11.7. The van der Waals surface area contributed by atoms with Gasteiger partial charge in [-0.3, -0.25) is 9.36 Å². The zero-order valence-electron chi connectivity index (χ0n) is 21.5. The molecule has 3 aromatic rings. The highest BCUT2D eigenvalue weighted by Crippen LogP contribution is 2.38. The summed E-state index contributed by atoms with van der Waals surface area (Å²) in [6.07, 6.45) is 6.41. The third kappa shape index (κ3) is 6.86. The van der Waals surface area contributed by atoms with Gasteiger partial charge in [0.15, 0.2) is 17.1 Å². The Morgan fingerprint density at radius 1 is 1.24 bits per heavy atom. The number of amides is 1. The molecule has 1 atom stereocenters. The van der Waals surface area contributed by atoms with Crippen molar-refractivity contribution in [3.05, 3.63) is 63.2 Å². The van der Waals surface area contributed by atoms with E-state index in [9.17, 15) is 9.59 Å². The number of esters is 1. The maximum atomic E-state index is 13.0. The minimum absolute atomic E-state index is 0.113. The fourth-order valence-electron chi connectivity index (χ4n) is 4.32. The minimum atomic E-state index is -0.370. The van der Waals surface area contributed by atoms with Crippen LogP contribution in [0.5, 0.6) is 5.75 Å². The number of benzene rings is 1. The molecule has 4 rings (SSSR count). The van der Waals surface area contributed by atoms with Gasteiger partial charge < -0.3 is 14.8 Å². The number of nitrogens with zero attached hydrogens (tertiary/aromatic N) is 3. The van der Waals surface area contributed by atoms with E-state index >= 15 is 0 Å². The molecule has 1 aromatic carbocycles. The highest BCUT2D eigenvalue weighted by molar-refractivity contribution is 9.10. The van der Waals surface area contributed by atoms with E-state index in [1.54, 1.807) is 13.0 Å². The number of hydrogen-bond acceptors (Lipinski definition) is 8. The lowest BCUT2D eigenvalue weighted by Crippen LogP contribution is -2.17. The van der Waals surface area contributed by atoms with Gasteiger partial charge in [0.25, 0.3) is 0 Å². The first-order valence-electron chi connectivity index (χ1n) is 12.6. The van der Waals surface area contributed by atoms with Crippen LogP contribution in [-0.2, 0) is 28.9 Å². The highest BCUT2D eigenvalue weighted by atomic mass is 79.9. The van der Waals surface area contributed by atoms with Crippen LogP contribution in [0.4, 0.5) is 5.00 Å². The summed E-state index contributed by atoms with van der Waals surface area (Å²) in [7, 11) is 0. The van der Waals surface area contributed by atoms with Gasteiger partial charge in [-0.05, 0) is 69.4 Å². The monoisotopic (exact) mass is 618 g/mol. The topological polar surface area (TPSA) is 95.3 Å². The molecule has 1 amide bonds. The summed E-state index contributed by atoms with van der Waals surface area (Å²) >= 11 is 6.20. The number of fused-ring (bicyclic) bond motifs is 1. The summed E-state index contributed by atoms with van der Waals surface area (Å²) in [5.41, 5.74) is 1.55. The average Bonchev–Trinajstić information content (AvgIpc) is 3.37. The first-order chi connectivity index (χ1) is 18.4. The van der Waals surface area contributed by atoms with Gasteiger partial charge in [-0.1, -0.05) is 40.2 Å². The number of allylic oxidation sites excluding steroid dienone is 1. The van der Waals surface area contributed by atoms with E-state index in [0.717, 1.165) is 42.1 Å². The lowest BCUT2D eigenvalue weighted by atomic mass is 10.1. The van der Waals surface area contributed by atoms with Gasteiger partial charge in [-0.25, -0.2) is 4.79 Å². The molecule has 1 unspecified atom stereocenters. The molecule has 0 radical (unpaired) electrons. The number of aryl methyl sites for hydroxylation is 1. The van der Waals surface area contributed by atoms with Crippen LogP contribution >= 0.6 is 39.0 Å². The van der Waals surface area contributed by atoms with Gasteiger partial charge in [0.2, 0.25) is 5.91 Å². The molecule has 8 nitrogen and oxygen atoms in total. The smallest absolute Gasteiger partial charge is 0.341 e. The van der Waals surface area contributed by atoms with Crippen molar-refractivity contribution in [2.24, 2.45) is 0 Å². The van der Waals surface area contributed by atoms with E-state index in [4.69, 9.17) is 9.47 Å². The SMILES string of the molecule is C=CCn1c(SCC(=O)Nc2sc3c(c2C(=O)OCC)CCCCC3)nnc1C(C)Oc1ccc(Br)cc1. The standard InChI is InChI=1S/C27H31BrN4O4S2/c1-4-15-32-24(17(3)36-19-13-11-18(28)12-14-19)30-31-27(32)37-16-22(33)29-25-23(26(34)35-5-2)20-9-7-6-8-10-21(20)38-25/h4,11-14,17H,1,5-10,15-16H2,2-3H3,(H,29,33). The van der Waals surface area contributed by atoms with Crippen LogP contribution in [-0.4, -0.2) is 39.0 Å². The molecule has 1 N–H and O–H groups in total. The van der Waals surface area contributed by atoms with Crippen LogP contribution in [0, 0.1) is 0 Å². The third-order valence-electron chi connectivity index (χ3n) is 6.03. The third-order valence-corrected chi connectivity index (χ3v) is 8.74. The molecule has 0 spiro atoms. The number of rotatable bonds is 11. The summed E-state index contributed by atoms with van der Waals surface area (Å²) in [5, 5.41) is 12.8. The first kappa shape index (κ1) is 28.4. The molecule has 0 saturated carbocycles. The largest absolute Gasteiger partial charge is 0.483 e. The van der Waals surface area contributed by atoms with E-state index in [1.165, 1.54) is 28.0 Å². The van der Waals surface area contributed by atoms with Crippen molar-refractivity contribution in [3.63, 3.8) is 0 Å². The average molecular weight is 620 g/mol. The second kappa shape index (κ2) is 13.4. The number of halogens is 1. The van der Waals surface area contributed by atoms with Crippen LogP contribution in [0.3, 0.4) is 0 Å². The summed E-state index contributed by atoms with van der Waals surface area (Å²) in [4.78, 5) is 26.9. The van der Waals surface area contributed by atoms with E-state index in [-0.39, 0.29) is 30.3 Å². The number of aromatic nitrogens is 3. The Kier molecular flexibility index (Phi) is 10.0. The zero-order valence-corrected chi connectivity index (χ0v) is 24.7. The van der Waals surface area contributed by atoms with Crippen molar-refractivity contribution in [1.82, 2.24) is 14.8 Å². The lowest BCUT2D eigenvalue weighted by molar-refractivity contribution is -0.113. The quantitative estimate of drug-likeness (QED) is 0.112. The van der Waals surface area contributed by atoms with Crippen LogP contribution in [0.1, 0.15) is 65.8 Å². The summed E-state index contributed by atoms with van der Waals surface area (Å²) in [6, 6.07) is 7.58. The Morgan fingerprint density at radius 3 is 2.74 bits per heavy atom. The fourth-order valence-corrected chi connectivity index (χ4v) is 6.63. The molecule has 0 saturated heterocycles. The van der Waals surface area contributed by atoms with Gasteiger partial charge >= 0.3 is 5.97 Å².